The molecular weight excluding hydrogens is 242 g/mol. The number of thiophene rings is 1. The third kappa shape index (κ3) is 2.85. The molecule has 0 unspecified atom stereocenters. The molecule has 0 aliphatic heterocycles. The Morgan fingerprint density at radius 1 is 1.17 bits per heavy atom. The summed E-state index contributed by atoms with van der Waals surface area (Å²) in [5, 5.41) is 3.49. The number of nitrogens with one attached hydrogen (secondary N) is 1. The van der Waals surface area contributed by atoms with Gasteiger partial charge in [-0.25, -0.2) is 0 Å². The maximum atomic E-state index is 5.21. The molecule has 1 N–H and O–H groups in total. The third-order valence-corrected chi connectivity index (χ3v) is 4.05. The summed E-state index contributed by atoms with van der Waals surface area (Å²) in [7, 11) is 1.69. The summed E-state index contributed by atoms with van der Waals surface area (Å²) < 4.78 is 5.21. The summed E-state index contributed by atoms with van der Waals surface area (Å²) in [4.78, 5) is 2.77. The molecule has 0 bridgehead atoms. The molecule has 2 rings (SSSR count). The molecule has 1 heterocycles. The Bertz CT molecular complexity index is 545. The Hall–Kier alpha value is -1.48. The largest absolute Gasteiger partial charge is 0.497 e. The van der Waals surface area contributed by atoms with Gasteiger partial charge in [0.1, 0.15) is 5.75 Å². The van der Waals surface area contributed by atoms with Crippen LogP contribution in [0, 0.1) is 20.8 Å². The van der Waals surface area contributed by atoms with E-state index in [-0.39, 0.29) is 0 Å². The van der Waals surface area contributed by atoms with Crippen LogP contribution in [0.15, 0.2) is 24.3 Å². The van der Waals surface area contributed by atoms with Crippen LogP contribution in [-0.4, -0.2) is 7.11 Å². The average molecular weight is 261 g/mol. The lowest BCUT2D eigenvalue weighted by Crippen LogP contribution is -2.01. The van der Waals surface area contributed by atoms with Crippen molar-refractivity contribution >= 4 is 17.0 Å². The monoisotopic (exact) mass is 261 g/mol. The van der Waals surface area contributed by atoms with Gasteiger partial charge >= 0.3 is 0 Å². The van der Waals surface area contributed by atoms with Gasteiger partial charge in [-0.2, -0.15) is 0 Å². The second-order valence-corrected chi connectivity index (χ2v) is 5.93. The molecule has 3 heteroatoms. The van der Waals surface area contributed by atoms with Gasteiger partial charge < -0.3 is 10.1 Å². The number of anilines is 1. The quantitative estimate of drug-likeness (QED) is 0.886. The first-order valence-electron chi connectivity index (χ1n) is 6.04. The van der Waals surface area contributed by atoms with Gasteiger partial charge in [0.05, 0.1) is 7.11 Å². The summed E-state index contributed by atoms with van der Waals surface area (Å²) >= 11 is 1.85. The lowest BCUT2D eigenvalue weighted by atomic mass is 10.1. The van der Waals surface area contributed by atoms with Crippen LogP contribution in [0.4, 0.5) is 5.69 Å². The van der Waals surface area contributed by atoms with Crippen molar-refractivity contribution in [3.8, 4) is 5.75 Å². The maximum absolute atomic E-state index is 5.21. The molecular formula is C15H19NOS. The highest BCUT2D eigenvalue weighted by atomic mass is 32.1. The predicted octanol–water partition coefficient (Wildman–Crippen LogP) is 4.29. The molecule has 96 valence electrons. The highest BCUT2D eigenvalue weighted by Gasteiger charge is 2.04. The standard InChI is InChI=1S/C15H19NOS/c1-10-7-14(17-4)5-6-15(10)16-9-13-8-11(2)18-12(13)3/h5-8,16H,9H2,1-4H3. The molecule has 0 amide bonds. The number of methoxy groups -OCH3 is 1. The van der Waals surface area contributed by atoms with Crippen LogP contribution in [0.1, 0.15) is 20.9 Å². The third-order valence-electron chi connectivity index (χ3n) is 3.05. The molecule has 0 spiro atoms. The Morgan fingerprint density at radius 3 is 2.50 bits per heavy atom. The van der Waals surface area contributed by atoms with Gasteiger partial charge in [-0.1, -0.05) is 0 Å². The van der Waals surface area contributed by atoms with E-state index in [9.17, 15) is 0 Å². The Morgan fingerprint density at radius 2 is 1.94 bits per heavy atom. The zero-order chi connectivity index (χ0) is 13.1. The van der Waals surface area contributed by atoms with Crippen LogP contribution in [0.2, 0.25) is 0 Å². The fourth-order valence-electron chi connectivity index (χ4n) is 2.01. The summed E-state index contributed by atoms with van der Waals surface area (Å²) in [5.74, 6) is 0.903. The minimum atomic E-state index is 0.878. The Kier molecular flexibility index (Phi) is 3.92. The highest BCUT2D eigenvalue weighted by Crippen LogP contribution is 2.24. The van der Waals surface area contributed by atoms with Gasteiger partial charge in [-0.15, -0.1) is 11.3 Å². The first-order chi connectivity index (χ1) is 8.60. The van der Waals surface area contributed by atoms with Crippen molar-refractivity contribution in [2.75, 3.05) is 12.4 Å². The van der Waals surface area contributed by atoms with E-state index in [1.165, 1.54) is 26.6 Å². The van der Waals surface area contributed by atoms with Crippen molar-refractivity contribution in [2.24, 2.45) is 0 Å². The van der Waals surface area contributed by atoms with Crippen molar-refractivity contribution in [3.63, 3.8) is 0 Å². The van der Waals surface area contributed by atoms with Gasteiger partial charge in [0.25, 0.3) is 0 Å². The first kappa shape index (κ1) is 13.0. The molecule has 0 fully saturated rings. The number of rotatable bonds is 4. The van der Waals surface area contributed by atoms with Crippen molar-refractivity contribution in [1.29, 1.82) is 0 Å². The second-order valence-electron chi connectivity index (χ2n) is 4.47. The SMILES string of the molecule is COc1ccc(NCc2cc(C)sc2C)c(C)c1. The molecule has 0 aliphatic carbocycles. The Balaban J connectivity index is 2.08. The second kappa shape index (κ2) is 5.44. The first-order valence-corrected chi connectivity index (χ1v) is 6.86. The maximum Gasteiger partial charge on any atom is 0.119 e. The van der Waals surface area contributed by atoms with E-state index in [4.69, 9.17) is 4.74 Å². The summed E-state index contributed by atoms with van der Waals surface area (Å²) in [6, 6.07) is 8.36. The molecule has 18 heavy (non-hydrogen) atoms. The molecule has 0 atom stereocenters. The van der Waals surface area contributed by atoms with Crippen LogP contribution >= 0.6 is 11.3 Å². The van der Waals surface area contributed by atoms with Gasteiger partial charge in [-0.05, 0) is 56.2 Å². The van der Waals surface area contributed by atoms with Crippen molar-refractivity contribution in [1.82, 2.24) is 0 Å². The molecule has 1 aromatic carbocycles. The number of hydrogen-bond acceptors (Lipinski definition) is 3. The van der Waals surface area contributed by atoms with Crippen molar-refractivity contribution in [3.05, 3.63) is 45.1 Å². The van der Waals surface area contributed by atoms with E-state index in [0.29, 0.717) is 0 Å². The molecule has 0 saturated heterocycles. The molecule has 0 aliphatic rings. The summed E-state index contributed by atoms with van der Waals surface area (Å²) in [6.45, 7) is 7.30. The fourth-order valence-corrected chi connectivity index (χ4v) is 2.96. The van der Waals surface area contributed by atoms with E-state index in [0.717, 1.165) is 12.3 Å². The zero-order valence-electron chi connectivity index (χ0n) is 11.3. The van der Waals surface area contributed by atoms with Crippen molar-refractivity contribution < 1.29 is 4.74 Å². The van der Waals surface area contributed by atoms with Crippen LogP contribution < -0.4 is 10.1 Å². The average Bonchev–Trinajstić information content (AvgIpc) is 2.66. The van der Waals surface area contributed by atoms with Crippen LogP contribution in [0.25, 0.3) is 0 Å². The van der Waals surface area contributed by atoms with Crippen LogP contribution in [0.3, 0.4) is 0 Å². The van der Waals surface area contributed by atoms with Gasteiger partial charge in [0, 0.05) is 22.0 Å². The van der Waals surface area contributed by atoms with E-state index in [2.05, 4.69) is 38.2 Å². The van der Waals surface area contributed by atoms with E-state index < -0.39 is 0 Å². The minimum absolute atomic E-state index is 0.878. The van der Waals surface area contributed by atoms with E-state index in [1.807, 2.05) is 23.5 Å². The van der Waals surface area contributed by atoms with E-state index in [1.54, 1.807) is 7.11 Å². The van der Waals surface area contributed by atoms with Gasteiger partial charge in [-0.3, -0.25) is 0 Å². The number of ether oxygens (including phenoxy) is 1. The van der Waals surface area contributed by atoms with Gasteiger partial charge in [0.2, 0.25) is 0 Å². The molecule has 2 aromatic rings. The molecule has 2 nitrogen and oxygen atoms in total. The normalized spacial score (nSPS) is 10.4. The molecule has 0 radical (unpaired) electrons. The predicted molar refractivity (Wildman–Crippen MR) is 78.9 cm³/mol. The van der Waals surface area contributed by atoms with Gasteiger partial charge in [0.15, 0.2) is 0 Å². The smallest absolute Gasteiger partial charge is 0.119 e. The number of hydrogen-bond donors (Lipinski definition) is 1. The zero-order valence-corrected chi connectivity index (χ0v) is 12.1. The molecule has 0 saturated carbocycles. The van der Waals surface area contributed by atoms with Crippen LogP contribution in [0.5, 0.6) is 5.75 Å². The van der Waals surface area contributed by atoms with Crippen molar-refractivity contribution in [2.45, 2.75) is 27.3 Å². The molecule has 1 aromatic heterocycles. The van der Waals surface area contributed by atoms with Crippen LogP contribution in [-0.2, 0) is 6.54 Å². The highest BCUT2D eigenvalue weighted by molar-refractivity contribution is 7.12. The lowest BCUT2D eigenvalue weighted by Gasteiger charge is -2.10. The topological polar surface area (TPSA) is 21.3 Å². The lowest BCUT2D eigenvalue weighted by molar-refractivity contribution is 0.414. The van der Waals surface area contributed by atoms with E-state index >= 15 is 0 Å². The minimum Gasteiger partial charge on any atom is -0.497 e. The number of aryl methyl sites for hydroxylation is 3. The number of benzene rings is 1. The fraction of sp³-hybridized carbons (Fsp3) is 0.333. The Labute approximate surface area is 113 Å². The summed E-state index contributed by atoms with van der Waals surface area (Å²) in [6.07, 6.45) is 0. The summed E-state index contributed by atoms with van der Waals surface area (Å²) in [5.41, 5.74) is 3.76.